The van der Waals surface area contributed by atoms with Gasteiger partial charge in [-0.3, -0.25) is 33.6 Å². The number of carbonyl (C=O) groups excluding carboxylic acids is 5. The van der Waals surface area contributed by atoms with Crippen LogP contribution >= 0.6 is 0 Å². The van der Waals surface area contributed by atoms with Crippen molar-refractivity contribution in [2.75, 3.05) is 6.54 Å². The number of carboxylic acids is 2. The summed E-state index contributed by atoms with van der Waals surface area (Å²) in [6.45, 7) is 18.2. The first kappa shape index (κ1) is 47.9. The van der Waals surface area contributed by atoms with E-state index in [9.17, 15) is 38.7 Å². The summed E-state index contributed by atoms with van der Waals surface area (Å²) in [6.07, 6.45) is 3.88. The van der Waals surface area contributed by atoms with Crippen molar-refractivity contribution in [3.63, 3.8) is 0 Å². The zero-order chi connectivity index (χ0) is 44.1. The van der Waals surface area contributed by atoms with Gasteiger partial charge in [0.2, 0.25) is 29.5 Å². The molecular weight excluding hydrogens is 763 g/mol. The Bertz CT molecular complexity index is 1580. The lowest BCUT2D eigenvalue weighted by molar-refractivity contribution is -0.199. The van der Waals surface area contributed by atoms with Crippen LogP contribution in [-0.2, 0) is 42.9 Å². The fraction of sp³-hybridized carbons (Fsp3) is 0.829. The highest BCUT2D eigenvalue weighted by Crippen LogP contribution is 2.65. The van der Waals surface area contributed by atoms with Crippen LogP contribution < -0.4 is 27.0 Å². The first-order chi connectivity index (χ1) is 27.5. The van der Waals surface area contributed by atoms with Crippen LogP contribution in [0, 0.1) is 35.0 Å². The van der Waals surface area contributed by atoms with E-state index in [0.717, 1.165) is 25.7 Å². The Kier molecular flexibility index (Phi) is 16.0. The van der Waals surface area contributed by atoms with Crippen LogP contribution in [0.1, 0.15) is 127 Å². The monoisotopic (exact) mass is 833 g/mol. The molecule has 10 atom stereocenters. The standard InChI is InChI=1S/C41H69BN6O11/c1-21(2)12-10-14-30(42-58-29-19-24-18-28(40(24,7)8)41(29,9)59-42)45-37(55)27-13-11-17-48(27)39(57)34(23(5)6)47-38(56)33(22(3)4)46-36(54)26(15-16-31(49)50)44-35(53)25(43)20-32(51)52/h21-30,33-34H,10-20,43H2,1-9H3,(H,44,53)(H,45,55)(H,46,54)(H,47,56)(H,49,50)(H,51,52)/t24?,25-,26-,27-,28?,29?,30-,33-,34-,41?/m0/s1. The van der Waals surface area contributed by atoms with Gasteiger partial charge in [-0.15, -0.1) is 0 Å². The number of rotatable bonds is 21. The third-order valence-corrected chi connectivity index (χ3v) is 13.2. The first-order valence-corrected chi connectivity index (χ1v) is 21.5. The largest absolute Gasteiger partial charge is 0.481 e. The summed E-state index contributed by atoms with van der Waals surface area (Å²) in [7, 11) is -0.619. The molecule has 0 spiro atoms. The highest BCUT2D eigenvalue weighted by Gasteiger charge is 2.68. The molecular formula is C41H69BN6O11. The molecule has 0 radical (unpaired) electrons. The Balaban J connectivity index is 1.46. The van der Waals surface area contributed by atoms with Crippen molar-refractivity contribution < 1.29 is 53.1 Å². The molecule has 3 saturated carbocycles. The second-order valence-corrected chi connectivity index (χ2v) is 19.1. The number of carboxylic acid groups (broad SMARTS) is 2. The number of amides is 5. The SMILES string of the molecule is CC(C)CCC[C@H](NC(=O)[C@@H]1CCCN1C(=O)[C@@H](NC(=O)[C@@H](NC(=O)[C@H](CCC(=O)O)NC(=O)[C@@H](N)CC(=O)O)C(C)C)C(C)C)B1OC2CC3CC(C3(C)C)C2(C)O1. The average molecular weight is 833 g/mol. The summed E-state index contributed by atoms with van der Waals surface area (Å²) in [5.41, 5.74) is 5.37. The number of nitrogens with one attached hydrogen (secondary N) is 4. The third kappa shape index (κ3) is 11.3. The van der Waals surface area contributed by atoms with E-state index in [4.69, 9.17) is 20.1 Å². The molecule has 0 aromatic heterocycles. The molecule has 59 heavy (non-hydrogen) atoms. The summed E-state index contributed by atoms with van der Waals surface area (Å²) in [5, 5.41) is 29.2. The van der Waals surface area contributed by atoms with Gasteiger partial charge in [0.25, 0.3) is 0 Å². The van der Waals surface area contributed by atoms with Gasteiger partial charge in [-0.25, -0.2) is 0 Å². The molecule has 5 aliphatic rings. The van der Waals surface area contributed by atoms with Crippen molar-refractivity contribution >= 4 is 48.6 Å². The maximum absolute atomic E-state index is 14.3. The van der Waals surface area contributed by atoms with E-state index < -0.39 is 109 Å². The summed E-state index contributed by atoms with van der Waals surface area (Å²) < 4.78 is 13.4. The molecule has 5 fully saturated rings. The van der Waals surface area contributed by atoms with Crippen molar-refractivity contribution in [3.05, 3.63) is 0 Å². The minimum atomic E-state index is -1.50. The van der Waals surface area contributed by atoms with Gasteiger partial charge in [0, 0.05) is 13.0 Å². The zero-order valence-corrected chi connectivity index (χ0v) is 36.4. The van der Waals surface area contributed by atoms with Crippen molar-refractivity contribution in [1.29, 1.82) is 0 Å². The maximum atomic E-state index is 14.3. The fourth-order valence-corrected chi connectivity index (χ4v) is 9.50. The quantitative estimate of drug-likeness (QED) is 0.0821. The number of carbonyl (C=O) groups is 7. The van der Waals surface area contributed by atoms with E-state index in [1.165, 1.54) is 4.90 Å². The molecule has 0 aromatic carbocycles. The van der Waals surface area contributed by atoms with Gasteiger partial charge >= 0.3 is 19.1 Å². The molecule has 0 aromatic rings. The van der Waals surface area contributed by atoms with Crippen LogP contribution in [0.4, 0.5) is 0 Å². The molecule has 2 bridgehead atoms. The number of likely N-dealkylation sites (tertiary alicyclic amines) is 1. The lowest BCUT2D eigenvalue weighted by Crippen LogP contribution is -2.65. The van der Waals surface area contributed by atoms with Gasteiger partial charge in [-0.05, 0) is 80.5 Å². The maximum Gasteiger partial charge on any atom is 0.481 e. The van der Waals surface area contributed by atoms with E-state index >= 15 is 0 Å². The van der Waals surface area contributed by atoms with Crippen LogP contribution in [0.2, 0.25) is 0 Å². The fourth-order valence-electron chi connectivity index (χ4n) is 9.50. The van der Waals surface area contributed by atoms with Crippen molar-refractivity contribution in [2.45, 2.75) is 174 Å². The number of nitrogens with zero attached hydrogens (tertiary/aromatic N) is 1. The van der Waals surface area contributed by atoms with Gasteiger partial charge in [-0.1, -0.05) is 68.2 Å². The first-order valence-electron chi connectivity index (χ1n) is 21.5. The lowest BCUT2D eigenvalue weighted by atomic mass is 9.43. The third-order valence-electron chi connectivity index (χ3n) is 13.2. The smallest absolute Gasteiger partial charge is 0.481 e. The zero-order valence-electron chi connectivity index (χ0n) is 36.4. The minimum Gasteiger partial charge on any atom is -0.481 e. The Hall–Kier alpha value is -3.77. The van der Waals surface area contributed by atoms with Crippen molar-refractivity contribution in [3.8, 4) is 0 Å². The molecule has 18 heteroatoms. The van der Waals surface area contributed by atoms with Crippen molar-refractivity contribution in [2.24, 2.45) is 40.7 Å². The average Bonchev–Trinajstić information content (AvgIpc) is 3.77. The van der Waals surface area contributed by atoms with Gasteiger partial charge in [-0.2, -0.15) is 0 Å². The minimum absolute atomic E-state index is 0.0512. The van der Waals surface area contributed by atoms with Crippen LogP contribution in [0.5, 0.6) is 0 Å². The van der Waals surface area contributed by atoms with E-state index in [1.807, 2.05) is 0 Å². The number of hydrogen-bond acceptors (Lipinski definition) is 10. The Labute approximate surface area is 348 Å². The predicted octanol–water partition coefficient (Wildman–Crippen LogP) is 1.99. The Morgan fingerprint density at radius 3 is 2.03 bits per heavy atom. The second-order valence-electron chi connectivity index (χ2n) is 19.1. The molecule has 4 unspecified atom stereocenters. The van der Waals surface area contributed by atoms with Crippen LogP contribution in [-0.4, -0.2) is 118 Å². The molecule has 2 aliphatic heterocycles. The molecule has 2 heterocycles. The van der Waals surface area contributed by atoms with E-state index in [1.54, 1.807) is 27.7 Å². The molecule has 2 saturated heterocycles. The Morgan fingerprint density at radius 1 is 0.814 bits per heavy atom. The molecule has 5 amide bonds. The molecule has 3 aliphatic carbocycles. The molecule has 8 N–H and O–H groups in total. The second kappa shape index (κ2) is 19.7. The van der Waals surface area contributed by atoms with Crippen LogP contribution in [0.25, 0.3) is 0 Å². The van der Waals surface area contributed by atoms with E-state index in [2.05, 4.69) is 55.9 Å². The van der Waals surface area contributed by atoms with Crippen molar-refractivity contribution in [1.82, 2.24) is 26.2 Å². The topological polar surface area (TPSA) is 256 Å². The summed E-state index contributed by atoms with van der Waals surface area (Å²) in [6, 6.07) is -6.02. The number of hydrogen-bond donors (Lipinski definition) is 7. The molecule has 17 nitrogen and oxygen atoms in total. The molecule has 332 valence electrons. The highest BCUT2D eigenvalue weighted by atomic mass is 16.7. The Morgan fingerprint density at radius 2 is 1.46 bits per heavy atom. The normalized spacial score (nSPS) is 26.9. The summed E-state index contributed by atoms with van der Waals surface area (Å²) in [5.74, 6) is -5.82. The highest BCUT2D eigenvalue weighted by molar-refractivity contribution is 6.48. The van der Waals surface area contributed by atoms with Crippen LogP contribution in [0.3, 0.4) is 0 Å². The summed E-state index contributed by atoms with van der Waals surface area (Å²) in [4.78, 5) is 92.4. The van der Waals surface area contributed by atoms with Gasteiger partial charge in [0.1, 0.15) is 24.2 Å². The molecule has 5 rings (SSSR count). The van der Waals surface area contributed by atoms with E-state index in [0.29, 0.717) is 43.6 Å². The van der Waals surface area contributed by atoms with Crippen LogP contribution in [0.15, 0.2) is 0 Å². The lowest BCUT2D eigenvalue weighted by Gasteiger charge is -2.64. The van der Waals surface area contributed by atoms with Gasteiger partial charge in [0.15, 0.2) is 0 Å². The van der Waals surface area contributed by atoms with Gasteiger partial charge in [0.05, 0.1) is 30.1 Å². The number of aliphatic carboxylic acids is 2. The summed E-state index contributed by atoms with van der Waals surface area (Å²) >= 11 is 0. The van der Waals surface area contributed by atoms with Gasteiger partial charge < -0.3 is 51.4 Å². The number of nitrogens with two attached hydrogens (primary N) is 1. The predicted molar refractivity (Wildman–Crippen MR) is 218 cm³/mol. The van der Waals surface area contributed by atoms with E-state index in [-0.39, 0.29) is 23.8 Å².